The predicted molar refractivity (Wildman–Crippen MR) is 61.8 cm³/mol. The van der Waals surface area contributed by atoms with Gasteiger partial charge in [-0.15, -0.1) is 0 Å². The van der Waals surface area contributed by atoms with Crippen molar-refractivity contribution in [1.82, 2.24) is 0 Å². The van der Waals surface area contributed by atoms with Crippen molar-refractivity contribution in [2.45, 2.75) is 5.41 Å². The van der Waals surface area contributed by atoms with Crippen LogP contribution in [-0.4, -0.2) is 17.4 Å². The van der Waals surface area contributed by atoms with E-state index in [2.05, 4.69) is 27.3 Å². The van der Waals surface area contributed by atoms with Crippen molar-refractivity contribution < 1.29 is 4.79 Å². The number of thioether (sulfide) groups is 1. The molecule has 1 saturated heterocycles. The molecule has 72 valence electrons. The third-order valence-electron chi connectivity index (χ3n) is 2.88. The fourth-order valence-electron chi connectivity index (χ4n) is 1.99. The summed E-state index contributed by atoms with van der Waals surface area (Å²) in [5.41, 5.74) is 1.94. The van der Waals surface area contributed by atoms with Crippen LogP contribution in [0.15, 0.2) is 22.7 Å². The number of carbonyl (C=O) groups excluding carboxylic acids is 1. The number of halogens is 1. The second kappa shape index (κ2) is 2.76. The van der Waals surface area contributed by atoms with Crippen molar-refractivity contribution in [3.05, 3.63) is 28.2 Å². The van der Waals surface area contributed by atoms with Crippen molar-refractivity contribution in [3.8, 4) is 0 Å². The number of amides is 1. The molecule has 2 aliphatic rings. The molecular weight excluding hydrogens is 262 g/mol. The van der Waals surface area contributed by atoms with E-state index in [0.29, 0.717) is 0 Å². The number of hydrogen-bond donors (Lipinski definition) is 1. The average molecular weight is 270 g/mol. The van der Waals surface area contributed by atoms with Crippen LogP contribution >= 0.6 is 27.7 Å². The second-order valence-electron chi connectivity index (χ2n) is 3.72. The third-order valence-corrected chi connectivity index (χ3v) is 4.76. The first-order valence-electron chi connectivity index (χ1n) is 4.42. The summed E-state index contributed by atoms with van der Waals surface area (Å²) in [5.74, 6) is 2.02. The third kappa shape index (κ3) is 0.956. The molecule has 2 aliphatic heterocycles. The Kier molecular flexibility index (Phi) is 1.74. The van der Waals surface area contributed by atoms with E-state index in [9.17, 15) is 4.79 Å². The largest absolute Gasteiger partial charge is 0.325 e. The monoisotopic (exact) mass is 269 g/mol. The first kappa shape index (κ1) is 8.80. The second-order valence-corrected chi connectivity index (χ2v) is 5.62. The van der Waals surface area contributed by atoms with Crippen LogP contribution in [-0.2, 0) is 10.2 Å². The molecule has 14 heavy (non-hydrogen) atoms. The summed E-state index contributed by atoms with van der Waals surface area (Å²) in [4.78, 5) is 11.8. The highest BCUT2D eigenvalue weighted by Gasteiger charge is 2.51. The van der Waals surface area contributed by atoms with Crippen LogP contribution in [0.5, 0.6) is 0 Å². The van der Waals surface area contributed by atoms with Gasteiger partial charge in [0.05, 0.1) is 5.41 Å². The van der Waals surface area contributed by atoms with Gasteiger partial charge in [-0.3, -0.25) is 4.79 Å². The zero-order valence-corrected chi connectivity index (χ0v) is 9.74. The topological polar surface area (TPSA) is 29.1 Å². The van der Waals surface area contributed by atoms with Gasteiger partial charge in [-0.2, -0.15) is 11.8 Å². The normalized spacial score (nSPS) is 21.6. The molecule has 1 amide bonds. The Hall–Kier alpha value is -0.480. The van der Waals surface area contributed by atoms with E-state index in [1.165, 1.54) is 5.56 Å². The molecule has 0 aromatic heterocycles. The first-order chi connectivity index (χ1) is 6.72. The first-order valence-corrected chi connectivity index (χ1v) is 6.36. The summed E-state index contributed by atoms with van der Waals surface area (Å²) in [6.45, 7) is 0. The summed E-state index contributed by atoms with van der Waals surface area (Å²) in [6, 6.07) is 6.03. The van der Waals surface area contributed by atoms with E-state index >= 15 is 0 Å². The summed E-state index contributed by atoms with van der Waals surface area (Å²) in [5, 5.41) is 2.95. The zero-order valence-electron chi connectivity index (χ0n) is 7.34. The highest BCUT2D eigenvalue weighted by molar-refractivity contribution is 9.10. The Morgan fingerprint density at radius 3 is 2.86 bits per heavy atom. The lowest BCUT2D eigenvalue weighted by Gasteiger charge is -2.35. The lowest BCUT2D eigenvalue weighted by atomic mass is 9.85. The minimum absolute atomic E-state index is 0.171. The van der Waals surface area contributed by atoms with E-state index in [-0.39, 0.29) is 11.3 Å². The van der Waals surface area contributed by atoms with Gasteiger partial charge in [0.25, 0.3) is 0 Å². The number of hydrogen-bond acceptors (Lipinski definition) is 2. The van der Waals surface area contributed by atoms with Gasteiger partial charge in [-0.1, -0.05) is 22.0 Å². The number of benzene rings is 1. The molecule has 1 spiro atoms. The maximum Gasteiger partial charge on any atom is 0.236 e. The average Bonchev–Trinajstić information content (AvgIpc) is 2.34. The Morgan fingerprint density at radius 1 is 1.43 bits per heavy atom. The van der Waals surface area contributed by atoms with Crippen molar-refractivity contribution >= 4 is 39.3 Å². The van der Waals surface area contributed by atoms with Gasteiger partial charge in [-0.25, -0.2) is 0 Å². The van der Waals surface area contributed by atoms with E-state index in [1.54, 1.807) is 0 Å². The quantitative estimate of drug-likeness (QED) is 0.784. The Bertz CT molecular complexity index is 428. The lowest BCUT2D eigenvalue weighted by molar-refractivity contribution is -0.119. The van der Waals surface area contributed by atoms with Gasteiger partial charge in [0.15, 0.2) is 0 Å². The molecule has 1 N–H and O–H groups in total. The van der Waals surface area contributed by atoms with Gasteiger partial charge < -0.3 is 5.32 Å². The minimum atomic E-state index is -0.208. The molecule has 0 atom stereocenters. The molecule has 2 heterocycles. The van der Waals surface area contributed by atoms with Crippen LogP contribution < -0.4 is 5.32 Å². The highest BCUT2D eigenvalue weighted by atomic mass is 79.9. The van der Waals surface area contributed by atoms with E-state index in [1.807, 2.05) is 23.9 Å². The maximum atomic E-state index is 11.8. The molecule has 4 heteroatoms. The fourth-order valence-corrected chi connectivity index (χ4v) is 3.54. The Labute approximate surface area is 94.6 Å². The van der Waals surface area contributed by atoms with Crippen LogP contribution in [0.3, 0.4) is 0 Å². The Morgan fingerprint density at radius 2 is 2.21 bits per heavy atom. The van der Waals surface area contributed by atoms with Gasteiger partial charge in [0.2, 0.25) is 5.91 Å². The number of fused-ring (bicyclic) bond motifs is 2. The molecule has 1 aromatic rings. The molecule has 1 aromatic carbocycles. The summed E-state index contributed by atoms with van der Waals surface area (Å²) >= 11 is 5.24. The molecule has 0 radical (unpaired) electrons. The zero-order chi connectivity index (χ0) is 9.76. The van der Waals surface area contributed by atoms with Crippen LogP contribution in [0.1, 0.15) is 5.56 Å². The molecule has 0 bridgehead atoms. The van der Waals surface area contributed by atoms with Crippen LogP contribution in [0.2, 0.25) is 0 Å². The molecule has 2 nitrogen and oxygen atoms in total. The van der Waals surface area contributed by atoms with Gasteiger partial charge in [-0.05, 0) is 17.7 Å². The van der Waals surface area contributed by atoms with E-state index in [4.69, 9.17) is 0 Å². The van der Waals surface area contributed by atoms with Crippen molar-refractivity contribution in [2.24, 2.45) is 0 Å². The molecule has 0 aliphatic carbocycles. The van der Waals surface area contributed by atoms with Crippen LogP contribution in [0.4, 0.5) is 5.69 Å². The Balaban J connectivity index is 2.18. The molecule has 0 saturated carbocycles. The fraction of sp³-hybridized carbons (Fsp3) is 0.300. The number of nitrogens with one attached hydrogen (secondary N) is 1. The van der Waals surface area contributed by atoms with E-state index in [0.717, 1.165) is 21.7 Å². The van der Waals surface area contributed by atoms with Crippen LogP contribution in [0, 0.1) is 0 Å². The van der Waals surface area contributed by atoms with Gasteiger partial charge in [0, 0.05) is 21.7 Å². The summed E-state index contributed by atoms with van der Waals surface area (Å²) in [7, 11) is 0. The summed E-state index contributed by atoms with van der Waals surface area (Å²) in [6.07, 6.45) is 0. The number of carbonyl (C=O) groups is 1. The van der Waals surface area contributed by atoms with Gasteiger partial charge in [0.1, 0.15) is 0 Å². The van der Waals surface area contributed by atoms with Crippen molar-refractivity contribution in [2.75, 3.05) is 16.8 Å². The SMILES string of the molecule is O=C1Nc2cc(Br)ccc2C12CSC2. The minimum Gasteiger partial charge on any atom is -0.325 e. The predicted octanol–water partition coefficient (Wildman–Crippen LogP) is 2.39. The number of rotatable bonds is 0. The van der Waals surface area contributed by atoms with Crippen molar-refractivity contribution in [3.63, 3.8) is 0 Å². The summed E-state index contributed by atoms with van der Waals surface area (Å²) < 4.78 is 1.01. The standard InChI is InChI=1S/C10H8BrNOS/c11-6-1-2-7-8(3-6)12-9(13)10(7)4-14-5-10/h1-3H,4-5H2,(H,12,13). The van der Waals surface area contributed by atoms with Crippen LogP contribution in [0.25, 0.3) is 0 Å². The van der Waals surface area contributed by atoms with Crippen molar-refractivity contribution in [1.29, 1.82) is 0 Å². The molecule has 0 unspecified atom stereocenters. The molecular formula is C10H8BrNOS. The van der Waals surface area contributed by atoms with Gasteiger partial charge >= 0.3 is 0 Å². The molecule has 1 fully saturated rings. The smallest absolute Gasteiger partial charge is 0.236 e. The van der Waals surface area contributed by atoms with E-state index < -0.39 is 0 Å². The molecule has 3 rings (SSSR count). The lowest BCUT2D eigenvalue weighted by Crippen LogP contribution is -2.46. The number of anilines is 1. The highest BCUT2D eigenvalue weighted by Crippen LogP contribution is 2.48. The maximum absolute atomic E-state index is 11.8.